The number of aromatic nitrogens is 1. The van der Waals surface area contributed by atoms with Crippen molar-refractivity contribution in [2.45, 2.75) is 0 Å². The van der Waals surface area contributed by atoms with Crippen LogP contribution in [0.15, 0.2) is 22.8 Å². The van der Waals surface area contributed by atoms with E-state index in [0.29, 0.717) is 10.2 Å². The van der Waals surface area contributed by atoms with Crippen LogP contribution in [0.4, 0.5) is 0 Å². The van der Waals surface area contributed by atoms with Gasteiger partial charge in [0.05, 0.1) is 0 Å². The minimum Gasteiger partial charge on any atom is -0.354 e. The summed E-state index contributed by atoms with van der Waals surface area (Å²) < 4.78 is 0.708. The van der Waals surface area contributed by atoms with Gasteiger partial charge in [0.2, 0.25) is 0 Å². The first-order valence-corrected chi connectivity index (χ1v) is 3.87. The van der Waals surface area contributed by atoms with Crippen LogP contribution in [0.1, 0.15) is 10.5 Å². The Balaban J connectivity index is 3.03. The fourth-order valence-corrected chi connectivity index (χ4v) is 1.11. The van der Waals surface area contributed by atoms with E-state index in [1.54, 1.807) is 25.4 Å². The summed E-state index contributed by atoms with van der Waals surface area (Å²) in [4.78, 5) is 14.9. The van der Waals surface area contributed by atoms with Crippen molar-refractivity contribution in [1.29, 1.82) is 0 Å². The summed E-state index contributed by atoms with van der Waals surface area (Å²) in [6, 6.07) is 3.54. The van der Waals surface area contributed by atoms with Crippen molar-refractivity contribution in [3.8, 4) is 0 Å². The summed E-state index contributed by atoms with van der Waals surface area (Å²) in [5, 5.41) is 2.49. The van der Waals surface area contributed by atoms with Crippen molar-refractivity contribution in [2.75, 3.05) is 7.05 Å². The molecule has 1 aromatic heterocycles. The number of carbonyl (C=O) groups is 1. The second-order valence-electron chi connectivity index (χ2n) is 1.91. The van der Waals surface area contributed by atoms with Crippen molar-refractivity contribution >= 4 is 21.8 Å². The second kappa shape index (κ2) is 3.48. The number of carbonyl (C=O) groups excluding carboxylic acids is 1. The van der Waals surface area contributed by atoms with Gasteiger partial charge < -0.3 is 5.32 Å². The first-order chi connectivity index (χ1) is 5.25. The molecule has 4 heteroatoms. The molecule has 3 nitrogen and oxygen atoms in total. The molecule has 0 bridgehead atoms. The monoisotopic (exact) mass is 214 g/mol. The van der Waals surface area contributed by atoms with Gasteiger partial charge in [0.25, 0.3) is 5.91 Å². The second-order valence-corrected chi connectivity index (χ2v) is 2.77. The maximum atomic E-state index is 11.0. The molecule has 1 amide bonds. The Bertz CT molecular complexity index is 275. The Morgan fingerprint density at radius 1 is 1.73 bits per heavy atom. The molecule has 0 aliphatic heterocycles. The summed E-state index contributed by atoms with van der Waals surface area (Å²) in [6.45, 7) is 0. The normalized spacial score (nSPS) is 9.27. The number of hydrogen-bond donors (Lipinski definition) is 1. The molecule has 11 heavy (non-hydrogen) atoms. The molecule has 1 aromatic rings. The highest BCUT2D eigenvalue weighted by Gasteiger charge is 2.07. The number of nitrogens with one attached hydrogen (secondary N) is 1. The summed E-state index contributed by atoms with van der Waals surface area (Å²) in [5.41, 5.74) is 0.412. The number of pyridine rings is 1. The lowest BCUT2D eigenvalue weighted by molar-refractivity contribution is 0.0957. The third-order valence-electron chi connectivity index (χ3n) is 1.20. The molecule has 0 fully saturated rings. The highest BCUT2D eigenvalue weighted by Crippen LogP contribution is 2.12. The van der Waals surface area contributed by atoms with Crippen LogP contribution < -0.4 is 5.32 Å². The standard InChI is InChI=1S/C7H7BrN2O/c1-9-7(11)6-5(8)3-2-4-10-6/h2-4H,1H3,(H,9,11). The van der Waals surface area contributed by atoms with Crippen LogP contribution >= 0.6 is 15.9 Å². The zero-order chi connectivity index (χ0) is 8.27. The van der Waals surface area contributed by atoms with E-state index in [9.17, 15) is 4.79 Å². The van der Waals surface area contributed by atoms with E-state index in [1.807, 2.05) is 0 Å². The molecule has 1 N–H and O–H groups in total. The molecule has 0 aliphatic carbocycles. The highest BCUT2D eigenvalue weighted by molar-refractivity contribution is 9.10. The van der Waals surface area contributed by atoms with Crippen LogP contribution in [-0.4, -0.2) is 17.9 Å². The van der Waals surface area contributed by atoms with Gasteiger partial charge in [-0.05, 0) is 28.1 Å². The molecule has 1 heterocycles. The van der Waals surface area contributed by atoms with Crippen LogP contribution in [0, 0.1) is 0 Å². The average Bonchev–Trinajstić information content (AvgIpc) is 2.04. The molecule has 0 saturated heterocycles. The lowest BCUT2D eigenvalue weighted by Crippen LogP contribution is -2.19. The minimum atomic E-state index is -0.183. The summed E-state index contributed by atoms with van der Waals surface area (Å²) in [6.07, 6.45) is 1.58. The third kappa shape index (κ3) is 1.77. The van der Waals surface area contributed by atoms with E-state index in [0.717, 1.165) is 0 Å². The molecule has 58 valence electrons. The quantitative estimate of drug-likeness (QED) is 0.764. The van der Waals surface area contributed by atoms with Crippen molar-refractivity contribution in [3.05, 3.63) is 28.5 Å². The van der Waals surface area contributed by atoms with Gasteiger partial charge in [-0.1, -0.05) is 0 Å². The molecule has 0 aromatic carbocycles. The average molecular weight is 215 g/mol. The zero-order valence-corrected chi connectivity index (χ0v) is 7.55. The lowest BCUT2D eigenvalue weighted by Gasteiger charge is -1.99. The van der Waals surface area contributed by atoms with Crippen LogP contribution in [0.25, 0.3) is 0 Å². The number of rotatable bonds is 1. The predicted molar refractivity (Wildman–Crippen MR) is 45.3 cm³/mol. The fourth-order valence-electron chi connectivity index (χ4n) is 0.671. The number of halogens is 1. The minimum absolute atomic E-state index is 0.183. The summed E-state index contributed by atoms with van der Waals surface area (Å²) >= 11 is 3.21. The van der Waals surface area contributed by atoms with E-state index in [4.69, 9.17) is 0 Å². The van der Waals surface area contributed by atoms with Crippen LogP contribution in [-0.2, 0) is 0 Å². The molecule has 0 saturated carbocycles. The zero-order valence-electron chi connectivity index (χ0n) is 5.97. The van der Waals surface area contributed by atoms with Crippen LogP contribution in [0.2, 0.25) is 0 Å². The first-order valence-electron chi connectivity index (χ1n) is 3.08. The lowest BCUT2D eigenvalue weighted by atomic mass is 10.3. The van der Waals surface area contributed by atoms with Gasteiger partial charge in [-0.3, -0.25) is 4.79 Å². The Hall–Kier alpha value is -0.900. The van der Waals surface area contributed by atoms with E-state index < -0.39 is 0 Å². The van der Waals surface area contributed by atoms with Gasteiger partial charge in [-0.2, -0.15) is 0 Å². The fraction of sp³-hybridized carbons (Fsp3) is 0.143. The molecule has 0 radical (unpaired) electrons. The van der Waals surface area contributed by atoms with Gasteiger partial charge >= 0.3 is 0 Å². The molecule has 0 unspecified atom stereocenters. The van der Waals surface area contributed by atoms with Crippen molar-refractivity contribution in [2.24, 2.45) is 0 Å². The molecule has 0 spiro atoms. The van der Waals surface area contributed by atoms with Crippen LogP contribution in [0.3, 0.4) is 0 Å². The van der Waals surface area contributed by atoms with Crippen molar-refractivity contribution < 1.29 is 4.79 Å². The maximum Gasteiger partial charge on any atom is 0.270 e. The predicted octanol–water partition coefficient (Wildman–Crippen LogP) is 1.20. The van der Waals surface area contributed by atoms with E-state index in [2.05, 4.69) is 26.2 Å². The molecular formula is C7H7BrN2O. The number of nitrogens with zero attached hydrogens (tertiary/aromatic N) is 1. The maximum absolute atomic E-state index is 11.0. The Labute approximate surface area is 73.0 Å². The van der Waals surface area contributed by atoms with Gasteiger partial charge in [0.1, 0.15) is 5.69 Å². The van der Waals surface area contributed by atoms with Gasteiger partial charge in [-0.25, -0.2) is 4.98 Å². The van der Waals surface area contributed by atoms with Gasteiger partial charge in [0, 0.05) is 17.7 Å². The molecule has 1 rings (SSSR count). The number of hydrogen-bond acceptors (Lipinski definition) is 2. The van der Waals surface area contributed by atoms with E-state index in [-0.39, 0.29) is 5.91 Å². The first kappa shape index (κ1) is 8.20. The topological polar surface area (TPSA) is 42.0 Å². The Morgan fingerprint density at radius 2 is 2.45 bits per heavy atom. The molecule has 0 aliphatic rings. The van der Waals surface area contributed by atoms with Gasteiger partial charge in [-0.15, -0.1) is 0 Å². The SMILES string of the molecule is CNC(=O)c1ncccc1Br. The van der Waals surface area contributed by atoms with Gasteiger partial charge in [0.15, 0.2) is 0 Å². The molecule has 0 atom stereocenters. The smallest absolute Gasteiger partial charge is 0.270 e. The largest absolute Gasteiger partial charge is 0.354 e. The Morgan fingerprint density at radius 3 is 3.00 bits per heavy atom. The van der Waals surface area contributed by atoms with Crippen molar-refractivity contribution in [3.63, 3.8) is 0 Å². The number of amides is 1. The van der Waals surface area contributed by atoms with Crippen LogP contribution in [0.5, 0.6) is 0 Å². The molecular weight excluding hydrogens is 208 g/mol. The highest BCUT2D eigenvalue weighted by atomic mass is 79.9. The van der Waals surface area contributed by atoms with E-state index in [1.165, 1.54) is 0 Å². The third-order valence-corrected chi connectivity index (χ3v) is 1.84. The summed E-state index contributed by atoms with van der Waals surface area (Å²) in [5.74, 6) is -0.183. The Kier molecular flexibility index (Phi) is 2.59. The van der Waals surface area contributed by atoms with E-state index >= 15 is 0 Å². The summed E-state index contributed by atoms with van der Waals surface area (Å²) in [7, 11) is 1.57. The van der Waals surface area contributed by atoms with Crippen molar-refractivity contribution in [1.82, 2.24) is 10.3 Å².